The zero-order valence-electron chi connectivity index (χ0n) is 18.0. The van der Waals surface area contributed by atoms with E-state index in [2.05, 4.69) is 35.7 Å². The van der Waals surface area contributed by atoms with Gasteiger partial charge in [-0.15, -0.1) is 0 Å². The largest absolute Gasteiger partial charge is 0.364 e. The van der Waals surface area contributed by atoms with Crippen molar-refractivity contribution in [1.29, 1.82) is 0 Å². The van der Waals surface area contributed by atoms with Crippen LogP contribution in [-0.4, -0.2) is 53.1 Å². The summed E-state index contributed by atoms with van der Waals surface area (Å²) in [5.41, 5.74) is 4.56. The molecular weight excluding hydrogens is 390 g/mol. The third-order valence-electron chi connectivity index (χ3n) is 4.05. The Morgan fingerprint density at radius 1 is 1.00 bits per heavy atom. The quantitative estimate of drug-likeness (QED) is 0.401. The number of nitrogens with two attached hydrogens (primary N) is 1. The average Bonchev–Trinajstić information content (AvgIpc) is 3.18. The normalized spacial score (nSPS) is 15.6. The molecule has 5 amide bonds. The fraction of sp³-hybridized carbons (Fsp3) is 0.450. The Morgan fingerprint density at radius 2 is 1.57 bits per heavy atom. The van der Waals surface area contributed by atoms with Crippen LogP contribution in [0, 0.1) is 0 Å². The molecule has 30 heavy (non-hydrogen) atoms. The second-order valence-electron chi connectivity index (χ2n) is 6.43. The molecule has 0 aromatic rings. The smallest absolute Gasteiger partial charge is 0.271 e. The van der Waals surface area contributed by atoms with E-state index in [-0.39, 0.29) is 17.0 Å². The van der Waals surface area contributed by atoms with Gasteiger partial charge in [-0.05, 0) is 26.7 Å². The van der Waals surface area contributed by atoms with Crippen molar-refractivity contribution in [2.75, 3.05) is 6.54 Å². The van der Waals surface area contributed by atoms with Crippen molar-refractivity contribution in [3.05, 3.63) is 36.7 Å². The number of hydrogen-bond acceptors (Lipinski definition) is 5. The summed E-state index contributed by atoms with van der Waals surface area (Å²) in [6.07, 6.45) is 0.976. The number of nitrogens with one attached hydrogen (secondary N) is 3. The summed E-state index contributed by atoms with van der Waals surface area (Å²) in [5.74, 6) is -3.26. The van der Waals surface area contributed by atoms with Gasteiger partial charge in [0.15, 0.2) is 0 Å². The number of likely N-dealkylation sites (tertiary alicyclic amines) is 1. The molecule has 10 nitrogen and oxygen atoms in total. The van der Waals surface area contributed by atoms with E-state index in [1.54, 1.807) is 0 Å². The lowest BCUT2D eigenvalue weighted by atomic mass is 10.1. The number of carbonyl (C=O) groups is 5. The highest BCUT2D eigenvalue weighted by atomic mass is 16.2. The van der Waals surface area contributed by atoms with Crippen molar-refractivity contribution in [3.8, 4) is 0 Å². The van der Waals surface area contributed by atoms with E-state index >= 15 is 0 Å². The maximum Gasteiger partial charge on any atom is 0.271 e. The minimum absolute atomic E-state index is 0.259. The number of hydrogen-bond donors (Lipinski definition) is 4. The topological polar surface area (TPSA) is 151 Å². The van der Waals surface area contributed by atoms with Crippen LogP contribution in [0.5, 0.6) is 0 Å². The van der Waals surface area contributed by atoms with E-state index in [4.69, 9.17) is 5.73 Å². The first kappa shape index (κ1) is 26.6. The van der Waals surface area contributed by atoms with Crippen LogP contribution in [0.15, 0.2) is 36.7 Å². The van der Waals surface area contributed by atoms with Crippen LogP contribution in [0.1, 0.15) is 40.5 Å². The summed E-state index contributed by atoms with van der Waals surface area (Å²) in [4.78, 5) is 60.9. The van der Waals surface area contributed by atoms with Crippen molar-refractivity contribution >= 4 is 29.5 Å². The molecule has 166 valence electrons. The Hall–Kier alpha value is -3.43. The van der Waals surface area contributed by atoms with E-state index in [0.29, 0.717) is 19.4 Å². The van der Waals surface area contributed by atoms with Crippen molar-refractivity contribution in [1.82, 2.24) is 20.9 Å². The first-order valence-electron chi connectivity index (χ1n) is 9.52. The van der Waals surface area contributed by atoms with Gasteiger partial charge in [0.1, 0.15) is 12.1 Å². The second-order valence-corrected chi connectivity index (χ2v) is 6.43. The minimum Gasteiger partial charge on any atom is -0.364 e. The first-order valence-corrected chi connectivity index (χ1v) is 9.52. The zero-order valence-corrected chi connectivity index (χ0v) is 18.0. The summed E-state index contributed by atoms with van der Waals surface area (Å²) in [7, 11) is 0. The van der Waals surface area contributed by atoms with Crippen LogP contribution in [0.3, 0.4) is 0 Å². The van der Waals surface area contributed by atoms with Gasteiger partial charge >= 0.3 is 0 Å². The number of amides is 5. The van der Waals surface area contributed by atoms with Crippen molar-refractivity contribution < 1.29 is 24.0 Å². The highest BCUT2D eigenvalue weighted by molar-refractivity contribution is 6.04. The van der Waals surface area contributed by atoms with Gasteiger partial charge in [-0.1, -0.05) is 33.6 Å². The molecule has 1 heterocycles. The molecule has 2 atom stereocenters. The number of nitrogens with zero attached hydrogens (tertiary/aromatic N) is 1. The fourth-order valence-electron chi connectivity index (χ4n) is 2.50. The fourth-order valence-corrected chi connectivity index (χ4v) is 2.50. The van der Waals surface area contributed by atoms with Gasteiger partial charge in [-0.2, -0.15) is 0 Å². The van der Waals surface area contributed by atoms with E-state index in [1.165, 1.54) is 18.7 Å². The van der Waals surface area contributed by atoms with E-state index < -0.39 is 41.6 Å². The predicted molar refractivity (Wildman–Crippen MR) is 112 cm³/mol. The SMILES string of the molecule is C=C(C)C(=O)NC(C)C(=O)N1CCCC1C(=O)NC(=C)C(=O)NC(=C)C(N)=O.CC. The van der Waals surface area contributed by atoms with E-state index in [1.807, 2.05) is 13.8 Å². The molecule has 5 N–H and O–H groups in total. The van der Waals surface area contributed by atoms with Crippen LogP contribution in [0.25, 0.3) is 0 Å². The standard InChI is InChI=1S/C18H25N5O5.C2H6/c1-9(2)15(25)22-12(5)18(28)23-8-6-7-13(23)17(27)21-11(4)16(26)20-10(3)14(19)24;1-2/h12-13H,1,3-4,6-8H2,2,5H3,(H2,19,24)(H,20,26)(H,21,27)(H,22,25);1-2H3. The molecule has 1 aliphatic heterocycles. The summed E-state index contributed by atoms with van der Waals surface area (Å²) >= 11 is 0. The highest BCUT2D eigenvalue weighted by Crippen LogP contribution is 2.19. The molecule has 0 spiro atoms. The number of primary amides is 1. The van der Waals surface area contributed by atoms with Crippen LogP contribution < -0.4 is 21.7 Å². The highest BCUT2D eigenvalue weighted by Gasteiger charge is 2.36. The van der Waals surface area contributed by atoms with Crippen molar-refractivity contribution in [3.63, 3.8) is 0 Å². The van der Waals surface area contributed by atoms with Crippen LogP contribution in [0.4, 0.5) is 0 Å². The van der Waals surface area contributed by atoms with Gasteiger partial charge in [0.25, 0.3) is 11.8 Å². The molecule has 0 aromatic carbocycles. The lowest BCUT2D eigenvalue weighted by Gasteiger charge is -2.27. The summed E-state index contributed by atoms with van der Waals surface area (Å²) < 4.78 is 0. The maximum absolute atomic E-state index is 12.6. The Morgan fingerprint density at radius 3 is 2.07 bits per heavy atom. The van der Waals surface area contributed by atoms with Crippen molar-refractivity contribution in [2.45, 2.75) is 52.6 Å². The molecular formula is C20H31N5O5. The number of rotatable bonds is 8. The Bertz CT molecular complexity index is 759. The summed E-state index contributed by atoms with van der Waals surface area (Å²) in [6, 6.07) is -1.66. The Labute approximate surface area is 176 Å². The monoisotopic (exact) mass is 421 g/mol. The summed E-state index contributed by atoms with van der Waals surface area (Å²) in [6.45, 7) is 17.6. The first-order chi connectivity index (χ1) is 14.0. The van der Waals surface area contributed by atoms with Gasteiger partial charge in [0, 0.05) is 12.1 Å². The molecule has 0 saturated carbocycles. The lowest BCUT2D eigenvalue weighted by molar-refractivity contribution is -0.140. The lowest BCUT2D eigenvalue weighted by Crippen LogP contribution is -2.53. The van der Waals surface area contributed by atoms with Crippen LogP contribution >= 0.6 is 0 Å². The molecule has 10 heteroatoms. The van der Waals surface area contributed by atoms with Gasteiger partial charge in [0.2, 0.25) is 17.7 Å². The Balaban J connectivity index is 0.00000407. The molecule has 2 unspecified atom stereocenters. The van der Waals surface area contributed by atoms with E-state index in [0.717, 1.165) is 0 Å². The maximum atomic E-state index is 12.6. The number of carbonyl (C=O) groups excluding carboxylic acids is 5. The molecule has 1 aliphatic rings. The molecule has 1 saturated heterocycles. The molecule has 0 bridgehead atoms. The second kappa shape index (κ2) is 12.2. The van der Waals surface area contributed by atoms with Crippen LogP contribution in [0.2, 0.25) is 0 Å². The third-order valence-corrected chi connectivity index (χ3v) is 4.05. The van der Waals surface area contributed by atoms with Gasteiger partial charge in [0.05, 0.1) is 11.4 Å². The van der Waals surface area contributed by atoms with Crippen molar-refractivity contribution in [2.24, 2.45) is 5.73 Å². The molecule has 0 aliphatic carbocycles. The molecule has 1 fully saturated rings. The van der Waals surface area contributed by atoms with Gasteiger partial charge in [-0.25, -0.2) is 0 Å². The van der Waals surface area contributed by atoms with E-state index in [9.17, 15) is 24.0 Å². The molecule has 1 rings (SSSR count). The van der Waals surface area contributed by atoms with Gasteiger partial charge in [-0.3, -0.25) is 24.0 Å². The molecule has 0 aromatic heterocycles. The third kappa shape index (κ3) is 7.53. The predicted octanol–water partition coefficient (Wildman–Crippen LogP) is -0.170. The zero-order chi connectivity index (χ0) is 23.6. The van der Waals surface area contributed by atoms with Gasteiger partial charge < -0.3 is 26.6 Å². The Kier molecular flexibility index (Phi) is 10.8. The summed E-state index contributed by atoms with van der Waals surface area (Å²) in [5, 5.41) is 6.93. The van der Waals surface area contributed by atoms with Crippen LogP contribution in [-0.2, 0) is 24.0 Å². The average molecular weight is 421 g/mol. The minimum atomic E-state index is -0.925. The molecule has 0 radical (unpaired) electrons.